The number of rotatable bonds is 7. The molecular formula is C17H24N4O2. The summed E-state index contributed by atoms with van der Waals surface area (Å²) < 4.78 is 10.6. The van der Waals surface area contributed by atoms with Gasteiger partial charge in [-0.2, -0.15) is 0 Å². The summed E-state index contributed by atoms with van der Waals surface area (Å²) in [5, 5.41) is 6.49. The second kappa shape index (κ2) is 8.95. The van der Waals surface area contributed by atoms with Crippen LogP contribution in [0.2, 0.25) is 0 Å². The van der Waals surface area contributed by atoms with E-state index < -0.39 is 0 Å². The van der Waals surface area contributed by atoms with Crippen LogP contribution in [0.25, 0.3) is 11.5 Å². The molecule has 1 aromatic heterocycles. The van der Waals surface area contributed by atoms with E-state index in [1.165, 1.54) is 0 Å². The smallest absolute Gasteiger partial charge is 0.226 e. The molecule has 1 atom stereocenters. The molecule has 124 valence electrons. The van der Waals surface area contributed by atoms with E-state index in [-0.39, 0.29) is 6.04 Å². The molecule has 0 saturated heterocycles. The topological polar surface area (TPSA) is 71.7 Å². The lowest BCUT2D eigenvalue weighted by molar-refractivity contribution is 0.179. The number of aromatic nitrogens is 1. The normalized spacial score (nSPS) is 12.9. The van der Waals surface area contributed by atoms with Gasteiger partial charge in [0.25, 0.3) is 0 Å². The Labute approximate surface area is 137 Å². The number of ether oxygens (including phenoxy) is 1. The van der Waals surface area contributed by atoms with Crippen LogP contribution < -0.4 is 10.6 Å². The molecule has 0 radical (unpaired) electrons. The summed E-state index contributed by atoms with van der Waals surface area (Å²) in [6, 6.07) is 10.00. The van der Waals surface area contributed by atoms with Crippen LogP contribution >= 0.6 is 0 Å². The average Bonchev–Trinajstić information content (AvgIpc) is 3.03. The Morgan fingerprint density at radius 1 is 1.35 bits per heavy atom. The molecule has 6 heteroatoms. The minimum absolute atomic E-state index is 0.176. The SMILES string of the molecule is CCNC(=NCc1coc(-c2ccccc2)n1)NC(C)COC. The average molecular weight is 316 g/mol. The van der Waals surface area contributed by atoms with Gasteiger partial charge < -0.3 is 19.8 Å². The molecule has 2 N–H and O–H groups in total. The molecular weight excluding hydrogens is 292 g/mol. The maximum atomic E-state index is 5.52. The maximum absolute atomic E-state index is 5.52. The summed E-state index contributed by atoms with van der Waals surface area (Å²) in [5.74, 6) is 1.35. The quantitative estimate of drug-likeness (QED) is 0.606. The van der Waals surface area contributed by atoms with Crippen molar-refractivity contribution in [2.75, 3.05) is 20.3 Å². The van der Waals surface area contributed by atoms with E-state index in [9.17, 15) is 0 Å². The van der Waals surface area contributed by atoms with Crippen molar-refractivity contribution in [3.8, 4) is 11.5 Å². The lowest BCUT2D eigenvalue weighted by atomic mass is 10.2. The number of guanidine groups is 1. The van der Waals surface area contributed by atoms with Gasteiger partial charge in [0.1, 0.15) is 12.0 Å². The molecule has 0 aliphatic heterocycles. The lowest BCUT2D eigenvalue weighted by Crippen LogP contribution is -2.43. The molecule has 1 unspecified atom stereocenters. The summed E-state index contributed by atoms with van der Waals surface area (Å²) in [7, 11) is 1.68. The van der Waals surface area contributed by atoms with E-state index in [1.807, 2.05) is 44.2 Å². The predicted octanol–water partition coefficient (Wildman–Crippen LogP) is 2.43. The van der Waals surface area contributed by atoms with Gasteiger partial charge in [-0.15, -0.1) is 0 Å². The summed E-state index contributed by atoms with van der Waals surface area (Å²) in [4.78, 5) is 9.00. The molecule has 2 rings (SSSR count). The van der Waals surface area contributed by atoms with E-state index in [2.05, 4.69) is 20.6 Å². The summed E-state index contributed by atoms with van der Waals surface area (Å²) in [5.41, 5.74) is 1.75. The van der Waals surface area contributed by atoms with Gasteiger partial charge in [0.15, 0.2) is 5.96 Å². The number of benzene rings is 1. The third-order valence-electron chi connectivity index (χ3n) is 3.12. The van der Waals surface area contributed by atoms with Gasteiger partial charge in [0.05, 0.1) is 13.2 Å². The van der Waals surface area contributed by atoms with Gasteiger partial charge in [0, 0.05) is 25.3 Å². The number of hydrogen-bond donors (Lipinski definition) is 2. The number of oxazole rings is 1. The highest BCUT2D eigenvalue weighted by atomic mass is 16.5. The minimum Gasteiger partial charge on any atom is -0.444 e. The van der Waals surface area contributed by atoms with Crippen molar-refractivity contribution in [3.63, 3.8) is 0 Å². The molecule has 1 aromatic carbocycles. The monoisotopic (exact) mass is 316 g/mol. The lowest BCUT2D eigenvalue weighted by Gasteiger charge is -2.16. The van der Waals surface area contributed by atoms with Crippen molar-refractivity contribution in [2.45, 2.75) is 26.4 Å². The van der Waals surface area contributed by atoms with Crippen LogP contribution in [0, 0.1) is 0 Å². The molecule has 6 nitrogen and oxygen atoms in total. The third kappa shape index (κ3) is 5.41. The van der Waals surface area contributed by atoms with E-state index >= 15 is 0 Å². The Bertz CT molecular complexity index is 610. The van der Waals surface area contributed by atoms with Gasteiger partial charge in [-0.25, -0.2) is 9.98 Å². The van der Waals surface area contributed by atoms with Crippen LogP contribution in [0.3, 0.4) is 0 Å². The van der Waals surface area contributed by atoms with Crippen molar-refractivity contribution in [2.24, 2.45) is 4.99 Å². The molecule has 0 saturated carbocycles. The molecule has 0 aliphatic carbocycles. The van der Waals surface area contributed by atoms with Gasteiger partial charge in [-0.3, -0.25) is 0 Å². The Morgan fingerprint density at radius 2 is 2.13 bits per heavy atom. The Morgan fingerprint density at radius 3 is 2.83 bits per heavy atom. The first-order valence-corrected chi connectivity index (χ1v) is 7.76. The maximum Gasteiger partial charge on any atom is 0.226 e. The summed E-state index contributed by atoms with van der Waals surface area (Å²) in [6.07, 6.45) is 1.65. The standard InChI is InChI=1S/C17H24N4O2/c1-4-18-17(20-13(2)11-22-3)19-10-15-12-23-16(21-15)14-8-6-5-7-9-14/h5-9,12-13H,4,10-11H2,1-3H3,(H2,18,19,20). The minimum atomic E-state index is 0.176. The van der Waals surface area contributed by atoms with E-state index in [4.69, 9.17) is 9.15 Å². The molecule has 23 heavy (non-hydrogen) atoms. The number of nitrogens with zero attached hydrogens (tertiary/aromatic N) is 2. The second-order valence-electron chi connectivity index (χ2n) is 5.21. The zero-order valence-electron chi connectivity index (χ0n) is 13.9. The van der Waals surface area contributed by atoms with Crippen molar-refractivity contribution < 1.29 is 9.15 Å². The first-order valence-electron chi connectivity index (χ1n) is 7.76. The van der Waals surface area contributed by atoms with E-state index in [1.54, 1.807) is 13.4 Å². The highest BCUT2D eigenvalue weighted by Crippen LogP contribution is 2.18. The zero-order valence-corrected chi connectivity index (χ0v) is 13.9. The molecule has 0 fully saturated rings. The Balaban J connectivity index is 2.00. The molecule has 0 spiro atoms. The van der Waals surface area contributed by atoms with Crippen LogP contribution in [-0.2, 0) is 11.3 Å². The van der Waals surface area contributed by atoms with Gasteiger partial charge >= 0.3 is 0 Å². The van der Waals surface area contributed by atoms with Crippen molar-refractivity contribution in [3.05, 3.63) is 42.3 Å². The van der Waals surface area contributed by atoms with Gasteiger partial charge in [0.2, 0.25) is 5.89 Å². The first-order chi connectivity index (χ1) is 11.2. The first kappa shape index (κ1) is 17.0. The molecule has 2 aromatic rings. The third-order valence-corrected chi connectivity index (χ3v) is 3.12. The van der Waals surface area contributed by atoms with Crippen LogP contribution in [0.5, 0.6) is 0 Å². The van der Waals surface area contributed by atoms with Crippen molar-refractivity contribution >= 4 is 5.96 Å². The number of hydrogen-bond acceptors (Lipinski definition) is 4. The largest absolute Gasteiger partial charge is 0.444 e. The highest BCUT2D eigenvalue weighted by Gasteiger charge is 2.07. The fourth-order valence-electron chi connectivity index (χ4n) is 2.10. The van der Waals surface area contributed by atoms with E-state index in [0.29, 0.717) is 19.0 Å². The van der Waals surface area contributed by atoms with Gasteiger partial charge in [-0.1, -0.05) is 18.2 Å². The van der Waals surface area contributed by atoms with Crippen LogP contribution in [0.1, 0.15) is 19.5 Å². The number of nitrogens with one attached hydrogen (secondary N) is 2. The van der Waals surface area contributed by atoms with Crippen molar-refractivity contribution in [1.82, 2.24) is 15.6 Å². The molecule has 0 bridgehead atoms. The van der Waals surface area contributed by atoms with E-state index in [0.717, 1.165) is 23.8 Å². The molecule has 1 heterocycles. The molecule has 0 amide bonds. The fraction of sp³-hybridized carbons (Fsp3) is 0.412. The van der Waals surface area contributed by atoms with Crippen molar-refractivity contribution in [1.29, 1.82) is 0 Å². The van der Waals surface area contributed by atoms with Crippen LogP contribution in [-0.4, -0.2) is 37.2 Å². The summed E-state index contributed by atoms with van der Waals surface area (Å²) >= 11 is 0. The predicted molar refractivity (Wildman–Crippen MR) is 91.2 cm³/mol. The van der Waals surface area contributed by atoms with Gasteiger partial charge in [-0.05, 0) is 26.0 Å². The number of aliphatic imine (C=N–C) groups is 1. The molecule has 0 aliphatic rings. The number of methoxy groups -OCH3 is 1. The zero-order chi connectivity index (χ0) is 16.5. The summed E-state index contributed by atoms with van der Waals surface area (Å²) in [6.45, 7) is 5.93. The van der Waals surface area contributed by atoms with Crippen LogP contribution in [0.4, 0.5) is 0 Å². The van der Waals surface area contributed by atoms with Crippen LogP contribution in [0.15, 0.2) is 46.0 Å². The highest BCUT2D eigenvalue weighted by molar-refractivity contribution is 5.80. The Hall–Kier alpha value is -2.34. The second-order valence-corrected chi connectivity index (χ2v) is 5.21. The fourth-order valence-corrected chi connectivity index (χ4v) is 2.10. The Kier molecular flexibility index (Phi) is 6.62.